The van der Waals surface area contributed by atoms with E-state index in [2.05, 4.69) is 35.4 Å². The van der Waals surface area contributed by atoms with Crippen LogP contribution in [-0.2, 0) is 11.3 Å². The van der Waals surface area contributed by atoms with Gasteiger partial charge in [0.15, 0.2) is 11.0 Å². The number of aromatic nitrogens is 3. The van der Waals surface area contributed by atoms with Gasteiger partial charge in [0, 0.05) is 17.1 Å². The Morgan fingerprint density at radius 2 is 2.00 bits per heavy atom. The normalized spacial score (nSPS) is 10.8. The molecule has 1 amide bonds. The van der Waals surface area contributed by atoms with Crippen molar-refractivity contribution in [2.75, 3.05) is 11.1 Å². The van der Waals surface area contributed by atoms with Gasteiger partial charge in [-0.25, -0.2) is 0 Å². The van der Waals surface area contributed by atoms with Crippen LogP contribution in [0, 0.1) is 17.2 Å². The van der Waals surface area contributed by atoms with Crippen LogP contribution in [0.25, 0.3) is 11.4 Å². The highest BCUT2D eigenvalue weighted by Crippen LogP contribution is 2.32. The minimum absolute atomic E-state index is 0.129. The van der Waals surface area contributed by atoms with Crippen molar-refractivity contribution >= 4 is 46.6 Å². The van der Waals surface area contributed by atoms with Gasteiger partial charge in [-0.15, -0.1) is 10.2 Å². The number of hydrogen-bond donors (Lipinski definition) is 1. The molecule has 0 atom stereocenters. The van der Waals surface area contributed by atoms with E-state index in [1.807, 2.05) is 10.6 Å². The molecule has 3 rings (SSSR count). The molecule has 0 bridgehead atoms. The maximum atomic E-state index is 12.4. The molecule has 6 nitrogen and oxygen atoms in total. The van der Waals surface area contributed by atoms with Gasteiger partial charge in [-0.2, -0.15) is 5.26 Å². The monoisotopic (exact) mass is 459 g/mol. The fraction of sp³-hybridized carbons (Fsp3) is 0.238. The van der Waals surface area contributed by atoms with Gasteiger partial charge < -0.3 is 9.88 Å². The highest BCUT2D eigenvalue weighted by molar-refractivity contribution is 7.99. The van der Waals surface area contributed by atoms with E-state index in [4.69, 9.17) is 28.5 Å². The maximum absolute atomic E-state index is 12.4. The Balaban J connectivity index is 1.80. The molecule has 1 N–H and O–H groups in total. The third kappa shape index (κ3) is 5.33. The summed E-state index contributed by atoms with van der Waals surface area (Å²) in [7, 11) is 0. The SMILES string of the molecule is CC(C)Cn1c(SCC(=O)Nc2ccccc2C#N)nnc1-c1ccc(Cl)cc1Cl. The van der Waals surface area contributed by atoms with Crippen LogP contribution in [0.5, 0.6) is 0 Å². The smallest absolute Gasteiger partial charge is 0.234 e. The Bertz CT molecular complexity index is 1110. The summed E-state index contributed by atoms with van der Waals surface area (Å²) < 4.78 is 1.96. The van der Waals surface area contributed by atoms with Crippen molar-refractivity contribution in [3.05, 3.63) is 58.1 Å². The topological polar surface area (TPSA) is 83.6 Å². The van der Waals surface area contributed by atoms with E-state index in [9.17, 15) is 4.79 Å². The Labute approximate surface area is 189 Å². The first kappa shape index (κ1) is 22.2. The molecule has 1 aromatic heterocycles. The molecule has 0 aliphatic rings. The summed E-state index contributed by atoms with van der Waals surface area (Å²) in [6.45, 7) is 4.85. The van der Waals surface area contributed by atoms with E-state index in [0.29, 0.717) is 44.7 Å². The Morgan fingerprint density at radius 1 is 1.23 bits per heavy atom. The second-order valence-corrected chi connectivity index (χ2v) is 8.72. The average molecular weight is 460 g/mol. The quantitative estimate of drug-likeness (QED) is 0.470. The molecule has 30 heavy (non-hydrogen) atoms. The van der Waals surface area contributed by atoms with Crippen molar-refractivity contribution in [1.82, 2.24) is 14.8 Å². The van der Waals surface area contributed by atoms with E-state index in [1.54, 1.807) is 36.4 Å². The lowest BCUT2D eigenvalue weighted by molar-refractivity contribution is -0.113. The van der Waals surface area contributed by atoms with Crippen molar-refractivity contribution in [3.63, 3.8) is 0 Å². The van der Waals surface area contributed by atoms with Crippen LogP contribution in [0.4, 0.5) is 5.69 Å². The number of nitrogens with one attached hydrogen (secondary N) is 1. The number of nitrogens with zero attached hydrogens (tertiary/aromatic N) is 4. The first-order valence-corrected chi connectivity index (χ1v) is 10.9. The third-order valence-corrected chi connectivity index (χ3v) is 5.61. The predicted octanol–water partition coefficient (Wildman–Crippen LogP) is 5.51. The number of benzene rings is 2. The number of thioether (sulfide) groups is 1. The van der Waals surface area contributed by atoms with Crippen LogP contribution in [0.1, 0.15) is 19.4 Å². The molecule has 2 aromatic carbocycles. The molecule has 0 fully saturated rings. The summed E-state index contributed by atoms with van der Waals surface area (Å²) in [4.78, 5) is 12.4. The molecular weight excluding hydrogens is 441 g/mol. The number of rotatable bonds is 7. The molecule has 9 heteroatoms. The summed E-state index contributed by atoms with van der Waals surface area (Å²) in [6, 6.07) is 14.2. The van der Waals surface area contributed by atoms with Crippen LogP contribution < -0.4 is 5.32 Å². The molecular formula is C21H19Cl2N5OS. The fourth-order valence-corrected chi connectivity index (χ4v) is 4.04. The third-order valence-electron chi connectivity index (χ3n) is 4.09. The lowest BCUT2D eigenvalue weighted by atomic mass is 10.2. The number of halogens is 2. The zero-order valence-electron chi connectivity index (χ0n) is 16.4. The van der Waals surface area contributed by atoms with E-state index < -0.39 is 0 Å². The molecule has 0 aliphatic carbocycles. The van der Waals surface area contributed by atoms with E-state index in [0.717, 1.165) is 5.56 Å². The van der Waals surface area contributed by atoms with Gasteiger partial charge in [0.2, 0.25) is 5.91 Å². The number of nitriles is 1. The summed E-state index contributed by atoms with van der Waals surface area (Å²) in [6.07, 6.45) is 0. The van der Waals surface area contributed by atoms with Gasteiger partial charge in [0.25, 0.3) is 0 Å². The number of carbonyl (C=O) groups excluding carboxylic acids is 1. The lowest BCUT2D eigenvalue weighted by Crippen LogP contribution is -2.16. The van der Waals surface area contributed by atoms with Crippen LogP contribution in [-0.4, -0.2) is 26.4 Å². The second-order valence-electron chi connectivity index (χ2n) is 6.93. The maximum Gasteiger partial charge on any atom is 0.234 e. The minimum Gasteiger partial charge on any atom is -0.324 e. The predicted molar refractivity (Wildman–Crippen MR) is 121 cm³/mol. The number of anilines is 1. The van der Waals surface area contributed by atoms with Crippen LogP contribution in [0.3, 0.4) is 0 Å². The van der Waals surface area contributed by atoms with Gasteiger partial charge in [-0.3, -0.25) is 4.79 Å². The number of hydrogen-bond acceptors (Lipinski definition) is 5. The standard InChI is InChI=1S/C21H19Cl2N5OS/c1-13(2)11-28-20(16-8-7-15(22)9-17(16)23)26-27-21(28)30-12-19(29)25-18-6-4-3-5-14(18)10-24/h3-9,13H,11-12H2,1-2H3,(H,25,29). The van der Waals surface area contributed by atoms with Crippen molar-refractivity contribution in [2.45, 2.75) is 25.5 Å². The second kappa shape index (κ2) is 9.98. The van der Waals surface area contributed by atoms with Crippen LogP contribution >= 0.6 is 35.0 Å². The van der Waals surface area contributed by atoms with E-state index in [1.165, 1.54) is 11.8 Å². The molecule has 0 saturated carbocycles. The van der Waals surface area contributed by atoms with Crippen molar-refractivity contribution < 1.29 is 4.79 Å². The zero-order chi connectivity index (χ0) is 21.7. The molecule has 3 aromatic rings. The van der Waals surface area contributed by atoms with E-state index >= 15 is 0 Å². The molecule has 0 saturated heterocycles. The van der Waals surface area contributed by atoms with Crippen molar-refractivity contribution in [3.8, 4) is 17.5 Å². The van der Waals surface area contributed by atoms with Crippen LogP contribution in [0.2, 0.25) is 10.0 Å². The highest BCUT2D eigenvalue weighted by Gasteiger charge is 2.19. The molecule has 0 spiro atoms. The van der Waals surface area contributed by atoms with Crippen LogP contribution in [0.15, 0.2) is 47.6 Å². The molecule has 1 heterocycles. The van der Waals surface area contributed by atoms with E-state index in [-0.39, 0.29) is 11.7 Å². The number of amides is 1. The first-order chi connectivity index (χ1) is 14.4. The summed E-state index contributed by atoms with van der Waals surface area (Å²) in [5.74, 6) is 0.863. The lowest BCUT2D eigenvalue weighted by Gasteiger charge is -2.13. The van der Waals surface area contributed by atoms with Crippen molar-refractivity contribution in [1.29, 1.82) is 5.26 Å². The molecule has 0 unspecified atom stereocenters. The average Bonchev–Trinajstić information content (AvgIpc) is 3.08. The van der Waals surface area contributed by atoms with Gasteiger partial charge in [0.1, 0.15) is 6.07 Å². The Hall–Kier alpha value is -2.53. The molecule has 154 valence electrons. The molecule has 0 radical (unpaired) electrons. The zero-order valence-corrected chi connectivity index (χ0v) is 18.7. The summed E-state index contributed by atoms with van der Waals surface area (Å²) in [5.41, 5.74) is 1.63. The summed E-state index contributed by atoms with van der Waals surface area (Å²) in [5, 5.41) is 22.2. The molecule has 0 aliphatic heterocycles. The Kier molecular flexibility index (Phi) is 7.38. The number of carbonyl (C=O) groups is 1. The van der Waals surface area contributed by atoms with Gasteiger partial charge in [0.05, 0.1) is 22.0 Å². The van der Waals surface area contributed by atoms with Gasteiger partial charge in [-0.05, 0) is 36.2 Å². The summed E-state index contributed by atoms with van der Waals surface area (Å²) >= 11 is 13.7. The largest absolute Gasteiger partial charge is 0.324 e. The Morgan fingerprint density at radius 3 is 2.70 bits per heavy atom. The fourth-order valence-electron chi connectivity index (χ4n) is 2.80. The highest BCUT2D eigenvalue weighted by atomic mass is 35.5. The minimum atomic E-state index is -0.229. The van der Waals surface area contributed by atoms with Gasteiger partial charge in [-0.1, -0.05) is 60.9 Å². The first-order valence-electron chi connectivity index (χ1n) is 9.19. The van der Waals surface area contributed by atoms with Gasteiger partial charge >= 0.3 is 0 Å². The van der Waals surface area contributed by atoms with Crippen molar-refractivity contribution in [2.24, 2.45) is 5.92 Å². The number of para-hydroxylation sites is 1.